The minimum absolute atomic E-state index is 0.381. The molecule has 0 saturated carbocycles. The van der Waals surface area contributed by atoms with Crippen molar-refractivity contribution in [2.45, 2.75) is 5.44 Å². The molecule has 1 saturated heterocycles. The molecule has 1 aliphatic heterocycles. The van der Waals surface area contributed by atoms with Crippen LogP contribution in [0.4, 0.5) is 0 Å². The highest BCUT2D eigenvalue weighted by Crippen LogP contribution is 2.32. The van der Waals surface area contributed by atoms with Gasteiger partial charge in [0.1, 0.15) is 0 Å². The van der Waals surface area contributed by atoms with Crippen LogP contribution in [0.1, 0.15) is 11.0 Å². The van der Waals surface area contributed by atoms with Gasteiger partial charge in [0.25, 0.3) is 0 Å². The average Bonchev–Trinajstić information content (AvgIpc) is 2.71. The normalized spacial score (nSPS) is 23.8. The second-order valence-electron chi connectivity index (χ2n) is 1.97. The van der Waals surface area contributed by atoms with Crippen LogP contribution in [0.25, 0.3) is 0 Å². The van der Waals surface area contributed by atoms with Crippen molar-refractivity contribution in [1.29, 1.82) is 0 Å². The van der Waals surface area contributed by atoms with Gasteiger partial charge in [0.05, 0.1) is 0 Å². The summed E-state index contributed by atoms with van der Waals surface area (Å²) in [7, 11) is 0. The van der Waals surface area contributed by atoms with E-state index in [-0.39, 0.29) is 0 Å². The first kappa shape index (κ1) is 5.33. The molecule has 0 aromatic heterocycles. The molecule has 0 spiro atoms. The van der Waals surface area contributed by atoms with E-state index in [9.17, 15) is 0 Å². The predicted octanol–water partition coefficient (Wildman–Crippen LogP) is 1.45. The van der Waals surface area contributed by atoms with Gasteiger partial charge in [-0.25, -0.2) is 0 Å². The lowest BCUT2D eigenvalue weighted by atomic mass is 10.2. The van der Waals surface area contributed by atoms with Gasteiger partial charge in [-0.05, 0) is 0 Å². The zero-order valence-corrected chi connectivity index (χ0v) is 5.71. The molecule has 46 valence electrons. The van der Waals surface area contributed by atoms with Crippen molar-refractivity contribution in [2.75, 3.05) is 0 Å². The fourth-order valence-corrected chi connectivity index (χ4v) is 1.25. The zero-order valence-electron chi connectivity index (χ0n) is 4.82. The Kier molecular flexibility index (Phi) is 1.21. The molecule has 0 amide bonds. The van der Waals surface area contributed by atoms with E-state index in [1.165, 1.54) is 5.56 Å². The Hall–Kier alpha value is -0.470. The molecule has 1 heterocycles. The average molecular weight is 139 g/mol. The summed E-state index contributed by atoms with van der Waals surface area (Å²) in [5.74, 6) is 0. The Bertz CT molecular complexity index is 193. The Morgan fingerprint density at radius 1 is 1.22 bits per heavy atom. The molecule has 0 radical (unpaired) electrons. The van der Waals surface area contributed by atoms with E-state index in [4.69, 9.17) is 4.18 Å². The van der Waals surface area contributed by atoms with Crippen molar-refractivity contribution < 1.29 is 4.18 Å². The first-order chi connectivity index (χ1) is 4.47. The first-order valence-electron chi connectivity index (χ1n) is 2.88. The highest BCUT2D eigenvalue weighted by molar-refractivity contribution is 7.79. The van der Waals surface area contributed by atoms with E-state index in [1.54, 1.807) is 0 Å². The standard InChI is InChI=1S/C7H6OS/c1-2-4-6(5-3-1)7-8-9-7/h1-5,7H/p+1/t7-/m1/s1. The summed E-state index contributed by atoms with van der Waals surface area (Å²) < 4.78 is 5.07. The molecule has 9 heavy (non-hydrogen) atoms. The lowest BCUT2D eigenvalue weighted by Crippen LogP contribution is -1.74. The van der Waals surface area contributed by atoms with Crippen LogP contribution < -0.4 is 0 Å². The lowest BCUT2D eigenvalue weighted by Gasteiger charge is -1.83. The molecule has 0 aliphatic carbocycles. The molecule has 0 N–H and O–H groups in total. The lowest BCUT2D eigenvalue weighted by molar-refractivity contribution is 0.474. The van der Waals surface area contributed by atoms with E-state index in [0.29, 0.717) is 5.44 Å². The van der Waals surface area contributed by atoms with Crippen molar-refractivity contribution in [3.63, 3.8) is 0 Å². The molecule has 1 atom stereocenters. The molecule has 1 aliphatic rings. The van der Waals surface area contributed by atoms with Gasteiger partial charge in [-0.3, -0.25) is 0 Å². The second kappa shape index (κ2) is 2.05. The van der Waals surface area contributed by atoms with Gasteiger partial charge in [-0.2, -0.15) is 0 Å². The number of benzene rings is 1. The quantitative estimate of drug-likeness (QED) is 0.326. The minimum atomic E-state index is 0.381. The van der Waals surface area contributed by atoms with Crippen molar-refractivity contribution >= 4 is 12.0 Å². The van der Waals surface area contributed by atoms with Crippen LogP contribution in [-0.4, -0.2) is 0 Å². The molecule has 1 nitrogen and oxygen atoms in total. The van der Waals surface area contributed by atoms with Gasteiger partial charge in [-0.15, -0.1) is 4.18 Å². The highest BCUT2D eigenvalue weighted by Gasteiger charge is 2.39. The maximum absolute atomic E-state index is 5.07. The summed E-state index contributed by atoms with van der Waals surface area (Å²) in [6.45, 7) is 0. The van der Waals surface area contributed by atoms with Gasteiger partial charge in [0.2, 0.25) is 0 Å². The van der Waals surface area contributed by atoms with E-state index >= 15 is 0 Å². The largest absolute Gasteiger partial charge is 0.322 e. The van der Waals surface area contributed by atoms with E-state index in [0.717, 1.165) is 12.0 Å². The predicted molar refractivity (Wildman–Crippen MR) is 39.0 cm³/mol. The molecule has 2 heteroatoms. The maximum atomic E-state index is 5.07. The van der Waals surface area contributed by atoms with Crippen molar-refractivity contribution in [1.82, 2.24) is 0 Å². The molecule has 2 rings (SSSR count). The van der Waals surface area contributed by atoms with Crippen LogP contribution in [0.15, 0.2) is 30.3 Å². The van der Waals surface area contributed by atoms with Gasteiger partial charge < -0.3 is 0 Å². The number of thiol groups is 1. The van der Waals surface area contributed by atoms with Crippen LogP contribution in [0.3, 0.4) is 0 Å². The number of hydrogen-bond donors (Lipinski definition) is 0. The van der Waals surface area contributed by atoms with Gasteiger partial charge >= 0.3 is 5.44 Å². The summed E-state index contributed by atoms with van der Waals surface area (Å²) >= 11 is 1.11. The molecule has 0 bridgehead atoms. The second-order valence-corrected chi connectivity index (χ2v) is 2.86. The molecule has 1 aromatic rings. The molecule has 1 aromatic carbocycles. The third-order valence-electron chi connectivity index (χ3n) is 1.30. The molecule has 0 unspecified atom stereocenters. The number of rotatable bonds is 1. The summed E-state index contributed by atoms with van der Waals surface area (Å²) in [5, 5.41) is 0. The molecule has 1 fully saturated rings. The fraction of sp³-hybridized carbons (Fsp3) is 0.143. The first-order valence-corrected chi connectivity index (χ1v) is 3.76. The SMILES string of the molecule is c1ccc([C@@H]2O[SH+]2)cc1. The van der Waals surface area contributed by atoms with Crippen molar-refractivity contribution in [3.05, 3.63) is 35.9 Å². The van der Waals surface area contributed by atoms with Gasteiger partial charge in [0.15, 0.2) is 12.0 Å². The van der Waals surface area contributed by atoms with E-state index < -0.39 is 0 Å². The van der Waals surface area contributed by atoms with Crippen molar-refractivity contribution in [3.8, 4) is 0 Å². The van der Waals surface area contributed by atoms with Gasteiger partial charge in [-0.1, -0.05) is 30.3 Å². The third-order valence-corrected chi connectivity index (χ3v) is 2.02. The van der Waals surface area contributed by atoms with Gasteiger partial charge in [0, 0.05) is 5.56 Å². The summed E-state index contributed by atoms with van der Waals surface area (Å²) in [6, 6.07) is 10.3. The monoisotopic (exact) mass is 139 g/mol. The van der Waals surface area contributed by atoms with Crippen LogP contribution in [0, 0.1) is 0 Å². The Balaban J connectivity index is 2.29. The Labute approximate surface area is 58.2 Å². The minimum Gasteiger partial charge on any atom is -0.108 e. The topological polar surface area (TPSA) is 12.5 Å². The Morgan fingerprint density at radius 2 is 1.89 bits per heavy atom. The van der Waals surface area contributed by atoms with E-state index in [1.807, 2.05) is 18.2 Å². The maximum Gasteiger partial charge on any atom is 0.322 e. The Morgan fingerprint density at radius 3 is 2.44 bits per heavy atom. The number of hydrogen-bond acceptors (Lipinski definition) is 1. The smallest absolute Gasteiger partial charge is 0.108 e. The van der Waals surface area contributed by atoms with Crippen molar-refractivity contribution in [2.24, 2.45) is 0 Å². The van der Waals surface area contributed by atoms with Crippen LogP contribution in [0.5, 0.6) is 0 Å². The van der Waals surface area contributed by atoms with Crippen LogP contribution >= 0.6 is 0 Å². The summed E-state index contributed by atoms with van der Waals surface area (Å²) in [5.41, 5.74) is 1.67. The summed E-state index contributed by atoms with van der Waals surface area (Å²) in [6.07, 6.45) is 0. The zero-order chi connectivity index (χ0) is 6.10. The third kappa shape index (κ3) is 1.09. The highest BCUT2D eigenvalue weighted by atomic mass is 32.2. The van der Waals surface area contributed by atoms with Crippen LogP contribution in [-0.2, 0) is 16.2 Å². The van der Waals surface area contributed by atoms with E-state index in [2.05, 4.69) is 12.1 Å². The molecular weight excluding hydrogens is 132 g/mol. The fourth-order valence-electron chi connectivity index (χ4n) is 0.770. The van der Waals surface area contributed by atoms with Crippen LogP contribution in [0.2, 0.25) is 0 Å². The summed E-state index contributed by atoms with van der Waals surface area (Å²) in [4.78, 5) is 0. The molecular formula is C7H7OS+.